The number of aromatic nitrogens is 1. The Hall–Kier alpha value is -2.39. The summed E-state index contributed by atoms with van der Waals surface area (Å²) in [6.45, 7) is 2.00. The van der Waals surface area contributed by atoms with Gasteiger partial charge in [-0.25, -0.2) is 0 Å². The molecule has 0 aliphatic carbocycles. The number of hydrogen-bond acceptors (Lipinski definition) is 3. The number of nitrogens with zero attached hydrogens (tertiary/aromatic N) is 1. The van der Waals surface area contributed by atoms with Crippen LogP contribution < -0.4 is 4.74 Å². The number of aliphatic hydroxyl groups excluding tert-OH is 1. The normalized spacial score (nSPS) is 12.3. The summed E-state index contributed by atoms with van der Waals surface area (Å²) in [4.78, 5) is 4.33. The van der Waals surface area contributed by atoms with Crippen LogP contribution >= 0.6 is 0 Å². The minimum Gasteiger partial charge on any atom is -0.496 e. The molecule has 0 saturated heterocycles. The van der Waals surface area contributed by atoms with Gasteiger partial charge in [0.15, 0.2) is 0 Å². The average molecular weight is 279 g/mol. The summed E-state index contributed by atoms with van der Waals surface area (Å²) < 4.78 is 5.41. The number of aryl methyl sites for hydroxylation is 1. The molecule has 1 N–H and O–H groups in total. The van der Waals surface area contributed by atoms with Crippen LogP contribution in [-0.2, 0) is 0 Å². The molecule has 3 rings (SSSR count). The molecule has 0 saturated carbocycles. The molecule has 0 radical (unpaired) electrons. The van der Waals surface area contributed by atoms with E-state index in [0.29, 0.717) is 5.75 Å². The number of ether oxygens (including phenoxy) is 1. The van der Waals surface area contributed by atoms with E-state index in [-0.39, 0.29) is 0 Å². The highest BCUT2D eigenvalue weighted by Gasteiger charge is 2.17. The van der Waals surface area contributed by atoms with Crippen molar-refractivity contribution in [2.24, 2.45) is 0 Å². The first-order valence-corrected chi connectivity index (χ1v) is 6.87. The molecule has 0 aliphatic rings. The highest BCUT2D eigenvalue weighted by molar-refractivity contribution is 5.82. The van der Waals surface area contributed by atoms with Crippen LogP contribution in [0.2, 0.25) is 0 Å². The number of pyridine rings is 1. The van der Waals surface area contributed by atoms with Crippen molar-refractivity contribution >= 4 is 10.9 Å². The predicted molar refractivity (Wildman–Crippen MR) is 83.5 cm³/mol. The molecule has 3 aromatic rings. The minimum absolute atomic E-state index is 0.698. The van der Waals surface area contributed by atoms with Gasteiger partial charge in [-0.1, -0.05) is 30.3 Å². The monoisotopic (exact) mass is 279 g/mol. The van der Waals surface area contributed by atoms with Crippen LogP contribution in [-0.4, -0.2) is 17.2 Å². The lowest BCUT2D eigenvalue weighted by atomic mass is 9.96. The maximum atomic E-state index is 10.8. The van der Waals surface area contributed by atoms with Crippen molar-refractivity contribution in [2.75, 3.05) is 7.11 Å². The Morgan fingerprint density at radius 1 is 1.05 bits per heavy atom. The predicted octanol–water partition coefficient (Wildman–Crippen LogP) is 3.63. The zero-order chi connectivity index (χ0) is 14.8. The molecule has 1 heterocycles. The van der Waals surface area contributed by atoms with Gasteiger partial charge < -0.3 is 9.84 Å². The van der Waals surface area contributed by atoms with E-state index in [4.69, 9.17) is 4.74 Å². The van der Waals surface area contributed by atoms with Crippen molar-refractivity contribution in [2.45, 2.75) is 13.0 Å². The third-order valence-corrected chi connectivity index (χ3v) is 3.66. The van der Waals surface area contributed by atoms with E-state index in [1.165, 1.54) is 0 Å². The summed E-state index contributed by atoms with van der Waals surface area (Å²) >= 11 is 0. The SMILES string of the molecule is COc1cc(C)ccc1C(O)c1cccc2ncccc12. The molecule has 0 spiro atoms. The van der Waals surface area contributed by atoms with Crippen LogP contribution in [0.4, 0.5) is 0 Å². The minimum atomic E-state index is -0.742. The van der Waals surface area contributed by atoms with Gasteiger partial charge >= 0.3 is 0 Å². The number of hydrogen-bond donors (Lipinski definition) is 1. The lowest BCUT2D eigenvalue weighted by molar-refractivity contribution is 0.216. The lowest BCUT2D eigenvalue weighted by Gasteiger charge is -2.17. The van der Waals surface area contributed by atoms with Gasteiger partial charge in [0.05, 0.1) is 12.6 Å². The summed E-state index contributed by atoms with van der Waals surface area (Å²) in [5, 5.41) is 11.7. The highest BCUT2D eigenvalue weighted by Crippen LogP contribution is 2.33. The van der Waals surface area contributed by atoms with Crippen LogP contribution in [0.1, 0.15) is 22.8 Å². The standard InChI is InChI=1S/C18H17NO2/c1-12-8-9-15(17(11-12)21-2)18(20)14-5-3-7-16-13(14)6-4-10-19-16/h3-11,18,20H,1-2H3. The number of rotatable bonds is 3. The van der Waals surface area contributed by atoms with E-state index in [0.717, 1.165) is 27.6 Å². The Bertz CT molecular complexity index is 778. The van der Waals surface area contributed by atoms with Gasteiger partial charge in [0, 0.05) is 17.1 Å². The van der Waals surface area contributed by atoms with E-state index in [2.05, 4.69) is 4.98 Å². The quantitative estimate of drug-likeness (QED) is 0.796. The van der Waals surface area contributed by atoms with Gasteiger partial charge in [0.2, 0.25) is 0 Å². The van der Waals surface area contributed by atoms with Gasteiger partial charge in [-0.3, -0.25) is 4.98 Å². The first-order valence-electron chi connectivity index (χ1n) is 6.87. The van der Waals surface area contributed by atoms with Crippen molar-refractivity contribution in [1.29, 1.82) is 0 Å². The van der Waals surface area contributed by atoms with Gasteiger partial charge in [0.1, 0.15) is 11.9 Å². The van der Waals surface area contributed by atoms with Crippen molar-refractivity contribution in [1.82, 2.24) is 4.98 Å². The second-order valence-corrected chi connectivity index (χ2v) is 5.07. The molecule has 0 fully saturated rings. The third-order valence-electron chi connectivity index (χ3n) is 3.66. The fourth-order valence-corrected chi connectivity index (χ4v) is 2.58. The topological polar surface area (TPSA) is 42.4 Å². The van der Waals surface area contributed by atoms with E-state index in [1.807, 2.05) is 55.5 Å². The summed E-state index contributed by atoms with van der Waals surface area (Å²) in [7, 11) is 1.62. The lowest BCUT2D eigenvalue weighted by Crippen LogP contribution is -2.03. The number of aliphatic hydroxyl groups is 1. The molecule has 1 aromatic heterocycles. The third kappa shape index (κ3) is 2.48. The first kappa shape index (κ1) is 13.6. The van der Waals surface area contributed by atoms with Gasteiger partial charge in [-0.15, -0.1) is 0 Å². The van der Waals surface area contributed by atoms with Crippen molar-refractivity contribution in [3.05, 3.63) is 71.4 Å². The molecule has 2 aromatic carbocycles. The highest BCUT2D eigenvalue weighted by atomic mass is 16.5. The zero-order valence-electron chi connectivity index (χ0n) is 12.1. The Morgan fingerprint density at radius 2 is 1.90 bits per heavy atom. The summed E-state index contributed by atoms with van der Waals surface area (Å²) in [5.41, 5.74) is 3.57. The van der Waals surface area contributed by atoms with Gasteiger partial charge in [-0.05, 0) is 36.2 Å². The van der Waals surface area contributed by atoms with Crippen LogP contribution in [0, 0.1) is 6.92 Å². The largest absolute Gasteiger partial charge is 0.496 e. The zero-order valence-corrected chi connectivity index (χ0v) is 12.1. The fourth-order valence-electron chi connectivity index (χ4n) is 2.58. The molecular formula is C18H17NO2. The van der Waals surface area contributed by atoms with E-state index in [9.17, 15) is 5.11 Å². The van der Waals surface area contributed by atoms with Crippen molar-refractivity contribution in [3.8, 4) is 5.75 Å². The van der Waals surface area contributed by atoms with Crippen LogP contribution in [0.5, 0.6) is 5.75 Å². The number of benzene rings is 2. The van der Waals surface area contributed by atoms with Gasteiger partial charge in [-0.2, -0.15) is 0 Å². The molecule has 0 bridgehead atoms. The van der Waals surface area contributed by atoms with Crippen LogP contribution in [0.25, 0.3) is 10.9 Å². The molecule has 106 valence electrons. The van der Waals surface area contributed by atoms with Crippen LogP contribution in [0.3, 0.4) is 0 Å². The maximum Gasteiger partial charge on any atom is 0.125 e. The molecule has 3 nitrogen and oxygen atoms in total. The summed E-state index contributed by atoms with van der Waals surface area (Å²) in [6, 6.07) is 15.5. The molecule has 21 heavy (non-hydrogen) atoms. The van der Waals surface area contributed by atoms with Crippen LogP contribution in [0.15, 0.2) is 54.7 Å². The fraction of sp³-hybridized carbons (Fsp3) is 0.167. The average Bonchev–Trinajstić information content (AvgIpc) is 2.53. The molecule has 0 aliphatic heterocycles. The van der Waals surface area contributed by atoms with Crippen molar-refractivity contribution < 1.29 is 9.84 Å². The number of fused-ring (bicyclic) bond motifs is 1. The molecule has 0 amide bonds. The first-order chi connectivity index (χ1) is 10.2. The van der Waals surface area contributed by atoms with E-state index < -0.39 is 6.10 Å². The second kappa shape index (κ2) is 5.54. The molecular weight excluding hydrogens is 262 g/mol. The smallest absolute Gasteiger partial charge is 0.125 e. The van der Waals surface area contributed by atoms with E-state index >= 15 is 0 Å². The van der Waals surface area contributed by atoms with Crippen molar-refractivity contribution in [3.63, 3.8) is 0 Å². The van der Waals surface area contributed by atoms with Gasteiger partial charge in [0.25, 0.3) is 0 Å². The summed E-state index contributed by atoms with van der Waals surface area (Å²) in [6.07, 6.45) is 1.01. The molecule has 1 unspecified atom stereocenters. The molecule has 1 atom stereocenters. The molecule has 3 heteroatoms. The Morgan fingerprint density at radius 3 is 2.71 bits per heavy atom. The second-order valence-electron chi connectivity index (χ2n) is 5.07. The Balaban J connectivity index is 2.15. The Labute approximate surface area is 123 Å². The number of methoxy groups -OCH3 is 1. The Kier molecular flexibility index (Phi) is 3.59. The maximum absolute atomic E-state index is 10.8. The van der Waals surface area contributed by atoms with E-state index in [1.54, 1.807) is 13.3 Å². The summed E-state index contributed by atoms with van der Waals surface area (Å²) in [5.74, 6) is 0.698.